The van der Waals surface area contributed by atoms with Gasteiger partial charge in [0.2, 0.25) is 0 Å². The van der Waals surface area contributed by atoms with Crippen molar-refractivity contribution in [3.63, 3.8) is 0 Å². The molecule has 1 saturated carbocycles. The molecule has 0 amide bonds. The molecule has 3 N–H and O–H groups in total. The van der Waals surface area contributed by atoms with Crippen molar-refractivity contribution in [2.75, 3.05) is 24.3 Å². The van der Waals surface area contributed by atoms with Crippen molar-refractivity contribution in [2.24, 2.45) is 0 Å². The zero-order chi connectivity index (χ0) is 11.8. The summed E-state index contributed by atoms with van der Waals surface area (Å²) in [6, 6.07) is 0.357. The minimum absolute atomic E-state index is 0.357. The average molecular weight is 234 g/mol. The lowest BCUT2D eigenvalue weighted by molar-refractivity contribution is 0.195. The SMILES string of the molecule is Cc1c(N)nc(C2CC2)nc1NC1CCOC1. The van der Waals surface area contributed by atoms with Crippen LogP contribution in [0, 0.1) is 6.92 Å². The first kappa shape index (κ1) is 10.8. The van der Waals surface area contributed by atoms with Crippen molar-refractivity contribution in [2.45, 2.75) is 38.1 Å². The summed E-state index contributed by atoms with van der Waals surface area (Å²) in [5.41, 5.74) is 6.88. The van der Waals surface area contributed by atoms with Crippen molar-refractivity contribution in [3.05, 3.63) is 11.4 Å². The van der Waals surface area contributed by atoms with E-state index in [1.165, 1.54) is 12.8 Å². The molecule has 0 radical (unpaired) electrons. The van der Waals surface area contributed by atoms with Crippen LogP contribution in [0.25, 0.3) is 0 Å². The normalized spacial score (nSPS) is 23.9. The molecule has 1 saturated heterocycles. The highest BCUT2D eigenvalue weighted by Crippen LogP contribution is 2.39. The van der Waals surface area contributed by atoms with Crippen LogP contribution < -0.4 is 11.1 Å². The largest absolute Gasteiger partial charge is 0.383 e. The second-order valence-electron chi connectivity index (χ2n) is 4.92. The van der Waals surface area contributed by atoms with Crippen LogP contribution >= 0.6 is 0 Å². The summed E-state index contributed by atoms with van der Waals surface area (Å²) >= 11 is 0. The van der Waals surface area contributed by atoms with E-state index in [1.807, 2.05) is 6.92 Å². The Morgan fingerprint density at radius 1 is 1.29 bits per heavy atom. The molecule has 17 heavy (non-hydrogen) atoms. The van der Waals surface area contributed by atoms with Crippen LogP contribution in [0.4, 0.5) is 11.6 Å². The lowest BCUT2D eigenvalue weighted by Crippen LogP contribution is -2.21. The smallest absolute Gasteiger partial charge is 0.136 e. The molecule has 92 valence electrons. The van der Waals surface area contributed by atoms with Gasteiger partial charge < -0.3 is 15.8 Å². The summed E-state index contributed by atoms with van der Waals surface area (Å²) in [6.45, 7) is 3.54. The van der Waals surface area contributed by atoms with Gasteiger partial charge in [-0.1, -0.05) is 0 Å². The molecule has 0 aromatic carbocycles. The fourth-order valence-corrected chi connectivity index (χ4v) is 2.06. The Morgan fingerprint density at radius 3 is 2.76 bits per heavy atom. The predicted octanol–water partition coefficient (Wildman–Crippen LogP) is 1.45. The van der Waals surface area contributed by atoms with Gasteiger partial charge in [-0.3, -0.25) is 0 Å². The topological polar surface area (TPSA) is 73.1 Å². The Morgan fingerprint density at radius 2 is 2.12 bits per heavy atom. The Balaban J connectivity index is 1.85. The molecule has 3 rings (SSSR count). The third-order valence-corrected chi connectivity index (χ3v) is 3.41. The highest BCUT2D eigenvalue weighted by Gasteiger charge is 2.28. The van der Waals surface area contributed by atoms with E-state index in [1.54, 1.807) is 0 Å². The second kappa shape index (κ2) is 4.14. The standard InChI is InChI=1S/C12H18N4O/c1-7-10(13)15-12(8-2-3-8)16-11(7)14-9-4-5-17-6-9/h8-9H,2-6H2,1H3,(H3,13,14,15,16). The van der Waals surface area contributed by atoms with Crippen LogP contribution in [0.15, 0.2) is 0 Å². The van der Waals surface area contributed by atoms with E-state index in [9.17, 15) is 0 Å². The molecular formula is C12H18N4O. The van der Waals surface area contributed by atoms with E-state index >= 15 is 0 Å². The molecule has 1 atom stereocenters. The molecule has 5 nitrogen and oxygen atoms in total. The summed E-state index contributed by atoms with van der Waals surface area (Å²) in [5, 5.41) is 3.42. The monoisotopic (exact) mass is 234 g/mol. The number of nitrogens with one attached hydrogen (secondary N) is 1. The number of anilines is 2. The van der Waals surface area contributed by atoms with Gasteiger partial charge in [-0.05, 0) is 26.2 Å². The van der Waals surface area contributed by atoms with Crippen LogP contribution in [0.1, 0.15) is 36.6 Å². The Bertz CT molecular complexity index is 425. The van der Waals surface area contributed by atoms with Gasteiger partial charge in [0.1, 0.15) is 17.5 Å². The van der Waals surface area contributed by atoms with Gasteiger partial charge in [0.15, 0.2) is 0 Å². The summed E-state index contributed by atoms with van der Waals surface area (Å²) in [7, 11) is 0. The first-order valence-electron chi connectivity index (χ1n) is 6.22. The fraction of sp³-hybridized carbons (Fsp3) is 0.667. The van der Waals surface area contributed by atoms with Crippen LogP contribution in [-0.2, 0) is 4.74 Å². The van der Waals surface area contributed by atoms with E-state index in [2.05, 4.69) is 15.3 Å². The van der Waals surface area contributed by atoms with Gasteiger partial charge in [-0.25, -0.2) is 9.97 Å². The average Bonchev–Trinajstić information content (AvgIpc) is 3.04. The summed E-state index contributed by atoms with van der Waals surface area (Å²) in [5.74, 6) is 2.91. The van der Waals surface area contributed by atoms with Crippen LogP contribution in [0.2, 0.25) is 0 Å². The number of nitrogens with zero attached hydrogens (tertiary/aromatic N) is 2. The molecule has 2 fully saturated rings. The highest BCUT2D eigenvalue weighted by atomic mass is 16.5. The van der Waals surface area contributed by atoms with Crippen molar-refractivity contribution in [3.8, 4) is 0 Å². The molecule has 1 aromatic rings. The molecular weight excluding hydrogens is 216 g/mol. The lowest BCUT2D eigenvalue weighted by atomic mass is 10.2. The summed E-state index contributed by atoms with van der Waals surface area (Å²) in [6.07, 6.45) is 3.41. The van der Waals surface area contributed by atoms with Gasteiger partial charge >= 0.3 is 0 Å². The van der Waals surface area contributed by atoms with Gasteiger partial charge in [-0.15, -0.1) is 0 Å². The lowest BCUT2D eigenvalue weighted by Gasteiger charge is -2.15. The molecule has 0 spiro atoms. The van der Waals surface area contributed by atoms with Crippen molar-refractivity contribution >= 4 is 11.6 Å². The van der Waals surface area contributed by atoms with Crippen LogP contribution in [-0.4, -0.2) is 29.2 Å². The molecule has 2 heterocycles. The van der Waals surface area contributed by atoms with E-state index in [4.69, 9.17) is 10.5 Å². The maximum atomic E-state index is 5.94. The molecule has 5 heteroatoms. The van der Waals surface area contributed by atoms with E-state index in [0.717, 1.165) is 36.8 Å². The fourth-order valence-electron chi connectivity index (χ4n) is 2.06. The number of hydrogen-bond acceptors (Lipinski definition) is 5. The van der Waals surface area contributed by atoms with Crippen molar-refractivity contribution in [1.82, 2.24) is 9.97 Å². The first-order chi connectivity index (χ1) is 8.24. The zero-order valence-electron chi connectivity index (χ0n) is 10.1. The van der Waals surface area contributed by atoms with Crippen LogP contribution in [0.5, 0.6) is 0 Å². The van der Waals surface area contributed by atoms with Crippen molar-refractivity contribution < 1.29 is 4.74 Å². The third kappa shape index (κ3) is 2.20. The first-order valence-corrected chi connectivity index (χ1v) is 6.22. The van der Waals surface area contributed by atoms with Crippen molar-refractivity contribution in [1.29, 1.82) is 0 Å². The maximum absolute atomic E-state index is 5.94. The maximum Gasteiger partial charge on any atom is 0.136 e. The zero-order valence-corrected chi connectivity index (χ0v) is 10.1. The summed E-state index contributed by atoms with van der Waals surface area (Å²) < 4.78 is 5.35. The van der Waals surface area contributed by atoms with Gasteiger partial charge in [0, 0.05) is 18.1 Å². The molecule has 1 aliphatic heterocycles. The molecule has 1 unspecified atom stereocenters. The molecule has 2 aliphatic rings. The predicted molar refractivity (Wildman–Crippen MR) is 66.0 cm³/mol. The minimum atomic E-state index is 0.357. The van der Waals surface area contributed by atoms with Gasteiger partial charge in [0.25, 0.3) is 0 Å². The van der Waals surface area contributed by atoms with E-state index in [-0.39, 0.29) is 0 Å². The summed E-state index contributed by atoms with van der Waals surface area (Å²) in [4.78, 5) is 8.97. The van der Waals surface area contributed by atoms with E-state index < -0.39 is 0 Å². The number of hydrogen-bond donors (Lipinski definition) is 2. The van der Waals surface area contributed by atoms with Crippen LogP contribution in [0.3, 0.4) is 0 Å². The number of ether oxygens (including phenoxy) is 1. The minimum Gasteiger partial charge on any atom is -0.383 e. The molecule has 1 aliphatic carbocycles. The Hall–Kier alpha value is -1.36. The Kier molecular flexibility index (Phi) is 2.63. The quantitative estimate of drug-likeness (QED) is 0.828. The number of aromatic nitrogens is 2. The van der Waals surface area contributed by atoms with Gasteiger partial charge in [0.05, 0.1) is 12.6 Å². The second-order valence-corrected chi connectivity index (χ2v) is 4.92. The van der Waals surface area contributed by atoms with E-state index in [0.29, 0.717) is 17.8 Å². The number of rotatable bonds is 3. The molecule has 1 aromatic heterocycles. The number of nitrogen functional groups attached to an aromatic ring is 1. The third-order valence-electron chi connectivity index (χ3n) is 3.41. The Labute approximate surface area is 101 Å². The molecule has 0 bridgehead atoms. The van der Waals surface area contributed by atoms with Gasteiger partial charge in [-0.2, -0.15) is 0 Å². The number of nitrogens with two attached hydrogens (primary N) is 1. The highest BCUT2D eigenvalue weighted by molar-refractivity contribution is 5.55.